The molecule has 0 aliphatic heterocycles. The maximum absolute atomic E-state index is 12.8. The van der Waals surface area contributed by atoms with E-state index in [1.54, 1.807) is 23.3 Å². The summed E-state index contributed by atoms with van der Waals surface area (Å²) in [7, 11) is 1.75. The fourth-order valence-corrected chi connectivity index (χ4v) is 7.03. The molecule has 5 nitrogen and oxygen atoms in total. The molecule has 0 aromatic carbocycles. The lowest BCUT2D eigenvalue weighted by atomic mass is 9.53. The molecule has 30 heavy (non-hydrogen) atoms. The van der Waals surface area contributed by atoms with Crippen LogP contribution >= 0.6 is 11.3 Å². The molecule has 2 aliphatic carbocycles. The summed E-state index contributed by atoms with van der Waals surface area (Å²) in [4.78, 5) is 20.7. The van der Waals surface area contributed by atoms with E-state index < -0.39 is 6.10 Å². The number of thiazole rings is 1. The van der Waals surface area contributed by atoms with E-state index in [9.17, 15) is 9.90 Å². The van der Waals surface area contributed by atoms with Gasteiger partial charge in [0.15, 0.2) is 5.13 Å². The van der Waals surface area contributed by atoms with E-state index in [4.69, 9.17) is 11.4 Å². The SMILES string of the molecule is C#CCN(C)C(=O)C(C)C1CCC2(C)Cc3sc(NCCCC)nc3C(C)C2C1O. The highest BCUT2D eigenvalue weighted by molar-refractivity contribution is 7.15. The van der Waals surface area contributed by atoms with Crippen LogP contribution in [0.3, 0.4) is 0 Å². The molecule has 2 aliphatic rings. The Hall–Kier alpha value is -1.58. The predicted molar refractivity (Wildman–Crippen MR) is 124 cm³/mol. The van der Waals surface area contributed by atoms with Crippen molar-refractivity contribution in [3.8, 4) is 12.3 Å². The Bertz CT molecular complexity index is 801. The Labute approximate surface area is 185 Å². The number of anilines is 1. The summed E-state index contributed by atoms with van der Waals surface area (Å²) in [6.07, 6.45) is 10.0. The van der Waals surface area contributed by atoms with Gasteiger partial charge in [-0.05, 0) is 42.9 Å². The Balaban J connectivity index is 1.80. The number of amides is 1. The summed E-state index contributed by atoms with van der Waals surface area (Å²) < 4.78 is 0. The number of terminal acetylenes is 1. The van der Waals surface area contributed by atoms with Gasteiger partial charge in [0.2, 0.25) is 5.91 Å². The summed E-state index contributed by atoms with van der Waals surface area (Å²) in [5.41, 5.74) is 1.19. The maximum atomic E-state index is 12.8. The van der Waals surface area contributed by atoms with E-state index in [1.807, 2.05) is 6.92 Å². The Kier molecular flexibility index (Phi) is 7.14. The second kappa shape index (κ2) is 9.28. The van der Waals surface area contributed by atoms with Gasteiger partial charge in [0, 0.05) is 30.3 Å². The number of hydrogen-bond acceptors (Lipinski definition) is 5. The molecule has 6 unspecified atom stereocenters. The quantitative estimate of drug-likeness (QED) is 0.503. The van der Waals surface area contributed by atoms with E-state index in [-0.39, 0.29) is 35.0 Å². The van der Waals surface area contributed by atoms with Crippen LogP contribution in [-0.4, -0.2) is 47.1 Å². The number of hydrogen-bond donors (Lipinski definition) is 2. The molecule has 1 saturated carbocycles. The summed E-state index contributed by atoms with van der Waals surface area (Å²) in [5.74, 6) is 2.58. The number of nitrogens with one attached hydrogen (secondary N) is 1. The fourth-order valence-electron chi connectivity index (χ4n) is 5.74. The average Bonchev–Trinajstić information content (AvgIpc) is 3.09. The first-order valence-corrected chi connectivity index (χ1v) is 12.1. The first-order chi connectivity index (χ1) is 14.2. The van der Waals surface area contributed by atoms with Crippen molar-refractivity contribution in [3.05, 3.63) is 10.6 Å². The van der Waals surface area contributed by atoms with Gasteiger partial charge in [-0.25, -0.2) is 4.98 Å². The van der Waals surface area contributed by atoms with Crippen molar-refractivity contribution in [1.29, 1.82) is 0 Å². The van der Waals surface area contributed by atoms with Crippen LogP contribution in [0.4, 0.5) is 5.13 Å². The van der Waals surface area contributed by atoms with Crippen LogP contribution in [0.15, 0.2) is 0 Å². The monoisotopic (exact) mass is 431 g/mol. The van der Waals surface area contributed by atoms with Crippen LogP contribution in [0.25, 0.3) is 0 Å². The molecule has 2 N–H and O–H groups in total. The zero-order chi connectivity index (χ0) is 22.1. The number of nitrogens with zero attached hydrogens (tertiary/aromatic N) is 2. The molecule has 0 spiro atoms. The van der Waals surface area contributed by atoms with Crippen molar-refractivity contribution in [2.24, 2.45) is 23.2 Å². The topological polar surface area (TPSA) is 65.5 Å². The number of aliphatic hydroxyl groups excluding tert-OH is 1. The number of fused-ring (bicyclic) bond motifs is 2. The zero-order valence-electron chi connectivity index (χ0n) is 19.1. The van der Waals surface area contributed by atoms with E-state index in [1.165, 1.54) is 4.88 Å². The van der Waals surface area contributed by atoms with Gasteiger partial charge in [0.1, 0.15) is 0 Å². The predicted octanol–water partition coefficient (Wildman–Crippen LogP) is 4.14. The second-order valence-corrected chi connectivity index (χ2v) is 10.7. The molecule has 1 amide bonds. The zero-order valence-corrected chi connectivity index (χ0v) is 19.9. The summed E-state index contributed by atoms with van der Waals surface area (Å²) >= 11 is 1.78. The molecule has 6 heteroatoms. The number of carbonyl (C=O) groups excluding carboxylic acids is 1. The normalized spacial score (nSPS) is 31.2. The lowest BCUT2D eigenvalue weighted by Crippen LogP contribution is -2.53. The van der Waals surface area contributed by atoms with Crippen LogP contribution in [0.5, 0.6) is 0 Å². The Morgan fingerprint density at radius 1 is 1.53 bits per heavy atom. The molecule has 1 aromatic rings. The van der Waals surface area contributed by atoms with Gasteiger partial charge in [-0.2, -0.15) is 0 Å². The number of aromatic nitrogens is 1. The van der Waals surface area contributed by atoms with Gasteiger partial charge in [-0.3, -0.25) is 4.79 Å². The highest BCUT2D eigenvalue weighted by Gasteiger charge is 2.54. The van der Waals surface area contributed by atoms with Gasteiger partial charge in [-0.15, -0.1) is 17.8 Å². The first kappa shape index (κ1) is 23.1. The summed E-state index contributed by atoms with van der Waals surface area (Å²) in [6.45, 7) is 9.92. The largest absolute Gasteiger partial charge is 0.392 e. The van der Waals surface area contributed by atoms with E-state index in [0.29, 0.717) is 6.54 Å². The van der Waals surface area contributed by atoms with Crippen LogP contribution in [-0.2, 0) is 11.2 Å². The lowest BCUT2D eigenvalue weighted by molar-refractivity contribution is -0.142. The smallest absolute Gasteiger partial charge is 0.226 e. The van der Waals surface area contributed by atoms with Crippen molar-refractivity contribution >= 4 is 22.4 Å². The van der Waals surface area contributed by atoms with Crippen LogP contribution < -0.4 is 5.32 Å². The average molecular weight is 432 g/mol. The highest BCUT2D eigenvalue weighted by atomic mass is 32.1. The van der Waals surface area contributed by atoms with Gasteiger partial charge in [0.25, 0.3) is 0 Å². The van der Waals surface area contributed by atoms with Crippen LogP contribution in [0, 0.1) is 35.5 Å². The van der Waals surface area contributed by atoms with E-state index >= 15 is 0 Å². The number of rotatable bonds is 7. The summed E-state index contributed by atoms with van der Waals surface area (Å²) in [6, 6.07) is 0. The molecule has 1 aromatic heterocycles. The molecule has 0 bridgehead atoms. The third-order valence-electron chi connectivity index (χ3n) is 7.47. The van der Waals surface area contributed by atoms with Crippen LogP contribution in [0.2, 0.25) is 0 Å². The molecule has 166 valence electrons. The van der Waals surface area contributed by atoms with Gasteiger partial charge in [0.05, 0.1) is 18.3 Å². The molecule has 0 radical (unpaired) electrons. The molecule has 0 saturated heterocycles. The minimum absolute atomic E-state index is 0.0285. The van der Waals surface area contributed by atoms with Gasteiger partial charge >= 0.3 is 0 Å². The highest BCUT2D eigenvalue weighted by Crippen LogP contribution is 2.57. The van der Waals surface area contributed by atoms with Crippen molar-refractivity contribution in [2.75, 3.05) is 25.5 Å². The van der Waals surface area contributed by atoms with Crippen molar-refractivity contribution in [3.63, 3.8) is 0 Å². The Morgan fingerprint density at radius 2 is 2.27 bits per heavy atom. The molecule has 3 rings (SSSR count). The van der Waals surface area contributed by atoms with Crippen molar-refractivity contribution < 1.29 is 9.90 Å². The second-order valence-electron chi connectivity index (χ2n) is 9.63. The molecular weight excluding hydrogens is 394 g/mol. The third-order valence-corrected chi connectivity index (χ3v) is 8.49. The maximum Gasteiger partial charge on any atom is 0.226 e. The van der Waals surface area contributed by atoms with E-state index in [2.05, 4.69) is 32.0 Å². The van der Waals surface area contributed by atoms with Crippen LogP contribution in [0.1, 0.15) is 69.9 Å². The Morgan fingerprint density at radius 3 is 2.93 bits per heavy atom. The molecule has 6 atom stereocenters. The standard InChI is InChI=1S/C24H37N3O2S/c1-7-9-12-25-23-26-20-16(4)19-21(28)17(15(3)22(29)27(6)13-8-2)10-11-24(19,5)14-18(20)30-23/h2,15-17,19,21,28H,7,9-14H2,1,3-6H3,(H,25,26). The van der Waals surface area contributed by atoms with Crippen molar-refractivity contribution in [2.45, 2.75) is 71.8 Å². The minimum Gasteiger partial charge on any atom is -0.392 e. The molecule has 1 heterocycles. The first-order valence-electron chi connectivity index (χ1n) is 11.3. The number of aliphatic hydroxyl groups is 1. The summed E-state index contributed by atoms with van der Waals surface area (Å²) in [5, 5.41) is 16.0. The number of carbonyl (C=O) groups is 1. The minimum atomic E-state index is -0.511. The molecular formula is C24H37N3O2S. The third kappa shape index (κ3) is 4.24. The number of unbranched alkanes of at least 4 members (excludes halogenated alkanes) is 1. The van der Waals surface area contributed by atoms with Gasteiger partial charge < -0.3 is 15.3 Å². The lowest BCUT2D eigenvalue weighted by Gasteiger charge is -2.53. The van der Waals surface area contributed by atoms with Gasteiger partial charge in [-0.1, -0.05) is 40.0 Å². The van der Waals surface area contributed by atoms with E-state index in [0.717, 1.165) is 49.5 Å². The fraction of sp³-hybridized carbons (Fsp3) is 0.750. The molecule has 1 fully saturated rings. The van der Waals surface area contributed by atoms with Crippen molar-refractivity contribution in [1.82, 2.24) is 9.88 Å².